The van der Waals surface area contributed by atoms with Crippen LogP contribution in [0.2, 0.25) is 0 Å². The first-order valence-electron chi connectivity index (χ1n) is 11.9. The Balaban J connectivity index is 1.43. The Labute approximate surface area is 211 Å². The van der Waals surface area contributed by atoms with E-state index in [2.05, 4.69) is 17.4 Å². The van der Waals surface area contributed by atoms with Crippen LogP contribution in [0.5, 0.6) is 11.5 Å². The molecule has 0 saturated carbocycles. The zero-order valence-corrected chi connectivity index (χ0v) is 20.5. The van der Waals surface area contributed by atoms with Gasteiger partial charge in [0.25, 0.3) is 0 Å². The number of benzene rings is 3. The van der Waals surface area contributed by atoms with Gasteiger partial charge in [-0.3, -0.25) is 4.90 Å². The van der Waals surface area contributed by atoms with Crippen LogP contribution in [0, 0.1) is 0 Å². The van der Waals surface area contributed by atoms with Crippen molar-refractivity contribution in [2.24, 2.45) is 0 Å². The summed E-state index contributed by atoms with van der Waals surface area (Å²) in [6.07, 6.45) is -0.815. The van der Waals surface area contributed by atoms with Crippen LogP contribution in [-0.2, 0) is 19.6 Å². The molecule has 7 nitrogen and oxygen atoms in total. The normalized spacial score (nSPS) is 15.3. The zero-order chi connectivity index (χ0) is 24.9. The van der Waals surface area contributed by atoms with Gasteiger partial charge >= 0.3 is 0 Å². The van der Waals surface area contributed by atoms with Gasteiger partial charge in [0.15, 0.2) is 6.35 Å². The van der Waals surface area contributed by atoms with E-state index in [1.165, 1.54) is 0 Å². The predicted molar refractivity (Wildman–Crippen MR) is 141 cm³/mol. The van der Waals surface area contributed by atoms with E-state index in [-0.39, 0.29) is 0 Å². The standard InChI is InChI=1S/C29H30N4O3/c1-35-24-14-13-22(27(17-24)36-2)18-30-28-16-15-26-25(31-28)20-32(19-21-9-5-3-6-10-21)29(34)33(26)23-11-7-4-8-12-23/h3-17,29,34H,18-20H2,1-2H3,(H,30,31). The molecule has 1 unspecified atom stereocenters. The number of methoxy groups -OCH3 is 2. The molecule has 5 rings (SSSR count). The Bertz CT molecular complexity index is 1300. The molecule has 7 heteroatoms. The average molecular weight is 483 g/mol. The number of rotatable bonds is 8. The van der Waals surface area contributed by atoms with Crippen molar-refractivity contribution >= 4 is 17.2 Å². The van der Waals surface area contributed by atoms with E-state index in [4.69, 9.17) is 14.5 Å². The quantitative estimate of drug-likeness (QED) is 0.360. The van der Waals surface area contributed by atoms with Crippen molar-refractivity contribution in [1.29, 1.82) is 0 Å². The number of aliphatic hydroxyl groups is 1. The number of nitrogens with zero attached hydrogens (tertiary/aromatic N) is 3. The van der Waals surface area contributed by atoms with Crippen LogP contribution in [0.1, 0.15) is 16.8 Å². The highest BCUT2D eigenvalue weighted by Crippen LogP contribution is 2.37. The number of pyridine rings is 1. The number of anilines is 3. The Morgan fingerprint density at radius 1 is 0.917 bits per heavy atom. The monoisotopic (exact) mass is 482 g/mol. The molecule has 0 fully saturated rings. The zero-order valence-electron chi connectivity index (χ0n) is 20.5. The van der Waals surface area contributed by atoms with Crippen molar-refractivity contribution < 1.29 is 14.6 Å². The fraction of sp³-hybridized carbons (Fsp3) is 0.207. The number of aliphatic hydroxyl groups excluding tert-OH is 1. The lowest BCUT2D eigenvalue weighted by molar-refractivity contribution is -0.0105. The fourth-order valence-corrected chi connectivity index (χ4v) is 4.49. The second-order valence-corrected chi connectivity index (χ2v) is 8.64. The lowest BCUT2D eigenvalue weighted by Gasteiger charge is -2.42. The molecule has 1 aromatic heterocycles. The lowest BCUT2D eigenvalue weighted by Crippen LogP contribution is -2.49. The third-order valence-corrected chi connectivity index (χ3v) is 6.34. The molecule has 0 spiro atoms. The van der Waals surface area contributed by atoms with Crippen molar-refractivity contribution in [3.63, 3.8) is 0 Å². The van der Waals surface area contributed by atoms with Crippen LogP contribution in [-0.4, -0.2) is 35.6 Å². The maximum atomic E-state index is 11.4. The summed E-state index contributed by atoms with van der Waals surface area (Å²) in [5, 5.41) is 14.8. The summed E-state index contributed by atoms with van der Waals surface area (Å²) >= 11 is 0. The Kier molecular flexibility index (Phi) is 7.02. The number of hydrogen-bond acceptors (Lipinski definition) is 7. The Morgan fingerprint density at radius 3 is 2.39 bits per heavy atom. The van der Waals surface area contributed by atoms with Gasteiger partial charge in [0, 0.05) is 37.0 Å². The van der Waals surface area contributed by atoms with E-state index >= 15 is 0 Å². The van der Waals surface area contributed by atoms with Gasteiger partial charge in [-0.15, -0.1) is 0 Å². The van der Waals surface area contributed by atoms with Crippen LogP contribution in [0.3, 0.4) is 0 Å². The third-order valence-electron chi connectivity index (χ3n) is 6.34. The molecule has 3 aromatic carbocycles. The molecule has 184 valence electrons. The van der Waals surface area contributed by atoms with E-state index in [9.17, 15) is 5.11 Å². The van der Waals surface area contributed by atoms with Gasteiger partial charge in [0.1, 0.15) is 17.3 Å². The summed E-state index contributed by atoms with van der Waals surface area (Å²) in [4.78, 5) is 8.91. The molecular weight excluding hydrogens is 452 g/mol. The van der Waals surface area contributed by atoms with Gasteiger partial charge in [-0.1, -0.05) is 48.5 Å². The van der Waals surface area contributed by atoms with E-state index in [1.807, 2.05) is 88.7 Å². The smallest absolute Gasteiger partial charge is 0.191 e. The molecule has 1 aliphatic heterocycles. The van der Waals surface area contributed by atoms with E-state index in [0.717, 1.165) is 45.5 Å². The summed E-state index contributed by atoms with van der Waals surface area (Å²) < 4.78 is 10.8. The third kappa shape index (κ3) is 4.98. The SMILES string of the molecule is COc1ccc(CNc2ccc3c(n2)CN(Cc2ccccc2)C(O)N3c2ccccc2)c(OC)c1. The summed E-state index contributed by atoms with van der Waals surface area (Å²) in [6, 6.07) is 29.8. The molecule has 0 saturated heterocycles. The van der Waals surface area contributed by atoms with Gasteiger partial charge in [-0.25, -0.2) is 4.98 Å². The average Bonchev–Trinajstić information content (AvgIpc) is 2.93. The predicted octanol–water partition coefficient (Wildman–Crippen LogP) is 5.14. The van der Waals surface area contributed by atoms with Gasteiger partial charge in [-0.05, 0) is 42.0 Å². The van der Waals surface area contributed by atoms with Crippen molar-refractivity contribution in [2.75, 3.05) is 24.4 Å². The van der Waals surface area contributed by atoms with Crippen molar-refractivity contribution in [3.8, 4) is 11.5 Å². The maximum Gasteiger partial charge on any atom is 0.191 e. The van der Waals surface area contributed by atoms with E-state index in [1.54, 1.807) is 14.2 Å². The molecule has 2 N–H and O–H groups in total. The van der Waals surface area contributed by atoms with Crippen molar-refractivity contribution in [3.05, 3.63) is 108 Å². The minimum absolute atomic E-state index is 0.524. The lowest BCUT2D eigenvalue weighted by atomic mass is 10.1. The minimum Gasteiger partial charge on any atom is -0.497 e. The highest BCUT2D eigenvalue weighted by atomic mass is 16.5. The fourth-order valence-electron chi connectivity index (χ4n) is 4.49. The minimum atomic E-state index is -0.815. The molecular formula is C29H30N4O3. The number of para-hydroxylation sites is 1. The molecule has 1 aliphatic rings. The largest absolute Gasteiger partial charge is 0.497 e. The molecule has 36 heavy (non-hydrogen) atoms. The highest BCUT2D eigenvalue weighted by Gasteiger charge is 2.33. The summed E-state index contributed by atoms with van der Waals surface area (Å²) in [5.74, 6) is 2.27. The first-order valence-corrected chi connectivity index (χ1v) is 11.9. The van der Waals surface area contributed by atoms with Crippen molar-refractivity contribution in [2.45, 2.75) is 26.0 Å². The second-order valence-electron chi connectivity index (χ2n) is 8.64. The van der Waals surface area contributed by atoms with Crippen LogP contribution in [0.4, 0.5) is 17.2 Å². The van der Waals surface area contributed by atoms with Crippen LogP contribution in [0.25, 0.3) is 0 Å². The highest BCUT2D eigenvalue weighted by molar-refractivity contribution is 5.68. The summed E-state index contributed by atoms with van der Waals surface area (Å²) in [5.41, 5.74) is 4.84. The van der Waals surface area contributed by atoms with E-state index < -0.39 is 6.35 Å². The van der Waals surface area contributed by atoms with Gasteiger partial charge in [-0.2, -0.15) is 0 Å². The Hall–Kier alpha value is -4.07. The van der Waals surface area contributed by atoms with Gasteiger partial charge < -0.3 is 24.8 Å². The first kappa shape index (κ1) is 23.7. The van der Waals surface area contributed by atoms with Crippen LogP contribution < -0.4 is 19.7 Å². The van der Waals surface area contributed by atoms with E-state index in [0.29, 0.717) is 19.6 Å². The molecule has 0 bridgehead atoms. The molecule has 4 aromatic rings. The Morgan fingerprint density at radius 2 is 1.67 bits per heavy atom. The number of hydrogen-bond donors (Lipinski definition) is 2. The molecule has 0 aliphatic carbocycles. The number of fused-ring (bicyclic) bond motifs is 1. The number of aromatic nitrogens is 1. The topological polar surface area (TPSA) is 70.1 Å². The summed E-state index contributed by atoms with van der Waals surface area (Å²) in [7, 11) is 3.29. The molecule has 2 heterocycles. The second kappa shape index (κ2) is 10.7. The number of ether oxygens (including phenoxy) is 2. The number of nitrogens with one attached hydrogen (secondary N) is 1. The maximum absolute atomic E-state index is 11.4. The van der Waals surface area contributed by atoms with Gasteiger partial charge in [0.05, 0.1) is 25.6 Å². The van der Waals surface area contributed by atoms with Crippen molar-refractivity contribution in [1.82, 2.24) is 9.88 Å². The molecule has 0 radical (unpaired) electrons. The van der Waals surface area contributed by atoms with Gasteiger partial charge in [0.2, 0.25) is 0 Å². The molecule has 1 atom stereocenters. The molecule has 0 amide bonds. The summed E-state index contributed by atoms with van der Waals surface area (Å²) in [6.45, 7) is 1.68. The van der Waals surface area contributed by atoms with Crippen LogP contribution in [0.15, 0.2) is 91.0 Å². The first-order chi connectivity index (χ1) is 17.7. The van der Waals surface area contributed by atoms with Crippen LogP contribution >= 0.6 is 0 Å².